The van der Waals surface area contributed by atoms with E-state index < -0.39 is 23.8 Å². The van der Waals surface area contributed by atoms with E-state index in [2.05, 4.69) is 0 Å². The van der Waals surface area contributed by atoms with Crippen molar-refractivity contribution in [3.63, 3.8) is 0 Å². The molecule has 2 rings (SSSR count). The van der Waals surface area contributed by atoms with E-state index in [9.17, 15) is 26.3 Å². The summed E-state index contributed by atoms with van der Waals surface area (Å²) in [5, 5.41) is 0.308. The van der Waals surface area contributed by atoms with E-state index in [1.807, 2.05) is 0 Å². The van der Waals surface area contributed by atoms with Crippen LogP contribution in [0.2, 0.25) is 0 Å². The standard InChI is InChI=1S/C13H8F6/c14-12(15,16)11(13(17,18)19)10-7-3-5-8-4-1-2-6-9(8)10/h1-7,11H. The van der Waals surface area contributed by atoms with E-state index in [1.165, 1.54) is 30.3 Å². The fourth-order valence-corrected chi connectivity index (χ4v) is 2.04. The number of rotatable bonds is 1. The smallest absolute Gasteiger partial charge is 0.170 e. The van der Waals surface area contributed by atoms with Crippen LogP contribution in [0.5, 0.6) is 0 Å². The fraction of sp³-hybridized carbons (Fsp3) is 0.231. The van der Waals surface area contributed by atoms with E-state index in [0.717, 1.165) is 6.07 Å². The maximum absolute atomic E-state index is 12.7. The van der Waals surface area contributed by atoms with Gasteiger partial charge in [0.05, 0.1) is 0 Å². The normalized spacial score (nSPS) is 13.2. The Hall–Kier alpha value is -1.72. The van der Waals surface area contributed by atoms with Gasteiger partial charge in [0.25, 0.3) is 0 Å². The van der Waals surface area contributed by atoms with Crippen molar-refractivity contribution in [3.8, 4) is 0 Å². The molecule has 0 bridgehead atoms. The Labute approximate surface area is 104 Å². The zero-order chi connectivity index (χ0) is 14.3. The molecule has 0 saturated heterocycles. The molecular weight excluding hydrogens is 270 g/mol. The first-order chi connectivity index (χ1) is 8.71. The predicted molar refractivity (Wildman–Crippen MR) is 58.8 cm³/mol. The van der Waals surface area contributed by atoms with Crippen LogP contribution in [0.25, 0.3) is 10.8 Å². The second-order valence-corrected chi connectivity index (χ2v) is 4.08. The molecule has 19 heavy (non-hydrogen) atoms. The van der Waals surface area contributed by atoms with Crippen molar-refractivity contribution in [3.05, 3.63) is 48.0 Å². The Morgan fingerprint density at radius 1 is 0.684 bits per heavy atom. The molecule has 0 aliphatic rings. The Morgan fingerprint density at radius 2 is 1.21 bits per heavy atom. The molecule has 0 atom stereocenters. The predicted octanol–water partition coefficient (Wildman–Crippen LogP) is 5.05. The van der Waals surface area contributed by atoms with Gasteiger partial charge in [0, 0.05) is 0 Å². The lowest BCUT2D eigenvalue weighted by Gasteiger charge is -2.24. The molecule has 0 N–H and O–H groups in total. The van der Waals surface area contributed by atoms with Gasteiger partial charge < -0.3 is 0 Å². The highest BCUT2D eigenvalue weighted by Gasteiger charge is 2.57. The van der Waals surface area contributed by atoms with Crippen molar-refractivity contribution in [2.24, 2.45) is 0 Å². The highest BCUT2D eigenvalue weighted by atomic mass is 19.4. The Balaban J connectivity index is 2.70. The number of hydrogen-bond donors (Lipinski definition) is 0. The molecule has 6 heteroatoms. The summed E-state index contributed by atoms with van der Waals surface area (Å²) in [4.78, 5) is 0. The van der Waals surface area contributed by atoms with Crippen molar-refractivity contribution in [1.29, 1.82) is 0 Å². The number of benzene rings is 2. The van der Waals surface area contributed by atoms with Gasteiger partial charge in [-0.25, -0.2) is 0 Å². The molecule has 102 valence electrons. The summed E-state index contributed by atoms with van der Waals surface area (Å²) in [7, 11) is 0. The Kier molecular flexibility index (Phi) is 3.20. The summed E-state index contributed by atoms with van der Waals surface area (Å²) in [5.41, 5.74) is -0.766. The van der Waals surface area contributed by atoms with Crippen LogP contribution in [0.3, 0.4) is 0 Å². The first-order valence-corrected chi connectivity index (χ1v) is 5.32. The van der Waals surface area contributed by atoms with E-state index >= 15 is 0 Å². The molecule has 0 heterocycles. The SMILES string of the molecule is FC(F)(F)C(c1cccc2ccccc12)C(F)(F)F. The molecule has 0 aliphatic heterocycles. The summed E-state index contributed by atoms with van der Waals surface area (Å²) in [6.45, 7) is 0. The summed E-state index contributed by atoms with van der Waals surface area (Å²) in [5.74, 6) is -3.47. The summed E-state index contributed by atoms with van der Waals surface area (Å²) < 4.78 is 76.3. The molecule has 0 nitrogen and oxygen atoms in total. The zero-order valence-corrected chi connectivity index (χ0v) is 9.39. The molecular formula is C13H8F6. The van der Waals surface area contributed by atoms with Crippen LogP contribution < -0.4 is 0 Å². The fourth-order valence-electron chi connectivity index (χ4n) is 2.04. The third-order valence-electron chi connectivity index (χ3n) is 2.79. The second kappa shape index (κ2) is 4.43. The molecule has 0 radical (unpaired) electrons. The van der Waals surface area contributed by atoms with Crippen molar-refractivity contribution < 1.29 is 26.3 Å². The Morgan fingerprint density at radius 3 is 1.79 bits per heavy atom. The summed E-state index contributed by atoms with van der Waals surface area (Å²) in [6, 6.07) is 9.24. The number of hydrogen-bond acceptors (Lipinski definition) is 0. The van der Waals surface area contributed by atoms with Gasteiger partial charge in [-0.3, -0.25) is 0 Å². The molecule has 0 unspecified atom stereocenters. The average Bonchev–Trinajstić information content (AvgIpc) is 2.25. The highest BCUT2D eigenvalue weighted by Crippen LogP contribution is 2.47. The van der Waals surface area contributed by atoms with E-state index in [-0.39, 0.29) is 5.39 Å². The van der Waals surface area contributed by atoms with Gasteiger partial charge in [-0.1, -0.05) is 42.5 Å². The van der Waals surface area contributed by atoms with Gasteiger partial charge in [0.1, 0.15) is 0 Å². The minimum Gasteiger partial charge on any atom is -0.170 e. The maximum Gasteiger partial charge on any atom is 0.404 e. The third kappa shape index (κ3) is 2.67. The highest BCUT2D eigenvalue weighted by molar-refractivity contribution is 5.86. The van der Waals surface area contributed by atoms with Crippen molar-refractivity contribution in [2.75, 3.05) is 0 Å². The first-order valence-electron chi connectivity index (χ1n) is 5.32. The molecule has 0 saturated carbocycles. The van der Waals surface area contributed by atoms with Gasteiger partial charge in [-0.2, -0.15) is 26.3 Å². The van der Waals surface area contributed by atoms with Crippen molar-refractivity contribution in [2.45, 2.75) is 18.3 Å². The second-order valence-electron chi connectivity index (χ2n) is 4.08. The molecule has 0 aliphatic carbocycles. The molecule has 2 aromatic rings. The topological polar surface area (TPSA) is 0 Å². The monoisotopic (exact) mass is 278 g/mol. The number of alkyl halides is 6. The van der Waals surface area contributed by atoms with Crippen LogP contribution in [0, 0.1) is 0 Å². The van der Waals surface area contributed by atoms with Gasteiger partial charge in [0.2, 0.25) is 0 Å². The molecule has 0 amide bonds. The lowest BCUT2D eigenvalue weighted by atomic mass is 9.92. The summed E-state index contributed by atoms with van der Waals surface area (Å²) in [6.07, 6.45) is -10.7. The molecule has 0 fully saturated rings. The average molecular weight is 278 g/mol. The largest absolute Gasteiger partial charge is 0.404 e. The van der Waals surface area contributed by atoms with Crippen LogP contribution >= 0.6 is 0 Å². The van der Waals surface area contributed by atoms with E-state index in [4.69, 9.17) is 0 Å². The van der Waals surface area contributed by atoms with Gasteiger partial charge in [-0.05, 0) is 16.3 Å². The van der Waals surface area contributed by atoms with E-state index in [1.54, 1.807) is 6.07 Å². The number of fused-ring (bicyclic) bond motifs is 1. The minimum absolute atomic E-state index is 0.0374. The molecule has 0 aromatic heterocycles. The van der Waals surface area contributed by atoms with Crippen LogP contribution in [-0.2, 0) is 0 Å². The Bertz CT molecular complexity index is 562. The quantitative estimate of drug-likeness (QED) is 0.640. The van der Waals surface area contributed by atoms with Crippen LogP contribution in [0.15, 0.2) is 42.5 Å². The van der Waals surface area contributed by atoms with Crippen molar-refractivity contribution >= 4 is 10.8 Å². The van der Waals surface area contributed by atoms with E-state index in [0.29, 0.717) is 5.39 Å². The summed E-state index contributed by atoms with van der Waals surface area (Å²) >= 11 is 0. The lowest BCUT2D eigenvalue weighted by Crippen LogP contribution is -2.34. The van der Waals surface area contributed by atoms with Crippen LogP contribution in [-0.4, -0.2) is 12.4 Å². The minimum atomic E-state index is -5.37. The zero-order valence-electron chi connectivity index (χ0n) is 9.39. The van der Waals surface area contributed by atoms with Crippen LogP contribution in [0.4, 0.5) is 26.3 Å². The molecule has 2 aromatic carbocycles. The van der Waals surface area contributed by atoms with Gasteiger partial charge >= 0.3 is 12.4 Å². The first kappa shape index (κ1) is 13.7. The van der Waals surface area contributed by atoms with Crippen molar-refractivity contribution in [1.82, 2.24) is 0 Å². The van der Waals surface area contributed by atoms with Crippen LogP contribution in [0.1, 0.15) is 11.5 Å². The van der Waals surface area contributed by atoms with Gasteiger partial charge in [0.15, 0.2) is 5.92 Å². The number of halogens is 6. The van der Waals surface area contributed by atoms with Gasteiger partial charge in [-0.15, -0.1) is 0 Å². The third-order valence-corrected chi connectivity index (χ3v) is 2.79. The maximum atomic E-state index is 12.7. The molecule has 0 spiro atoms. The lowest BCUT2D eigenvalue weighted by molar-refractivity contribution is -0.253.